The molecule has 16 heavy (non-hydrogen) atoms. The van der Waals surface area contributed by atoms with Crippen LogP contribution in [-0.2, 0) is 0 Å². The lowest BCUT2D eigenvalue weighted by Gasteiger charge is -2.15. The lowest BCUT2D eigenvalue weighted by Crippen LogP contribution is -2.19. The summed E-state index contributed by atoms with van der Waals surface area (Å²) in [5.74, 6) is 0.469. The van der Waals surface area contributed by atoms with Crippen LogP contribution in [0.1, 0.15) is 17.3 Å². The van der Waals surface area contributed by atoms with E-state index in [4.69, 9.17) is 17.3 Å². The first kappa shape index (κ1) is 11.3. The van der Waals surface area contributed by atoms with Crippen LogP contribution in [0.25, 0.3) is 0 Å². The highest BCUT2D eigenvalue weighted by Crippen LogP contribution is 2.27. The molecule has 4 nitrogen and oxygen atoms in total. The summed E-state index contributed by atoms with van der Waals surface area (Å²) in [5.41, 5.74) is 9.39. The normalized spacial score (nSPS) is 12.6. The van der Waals surface area contributed by atoms with Crippen LogP contribution in [0.5, 0.6) is 0 Å². The van der Waals surface area contributed by atoms with Crippen molar-refractivity contribution < 1.29 is 0 Å². The molecule has 0 saturated heterocycles. The van der Waals surface area contributed by atoms with Gasteiger partial charge < -0.3 is 11.1 Å². The van der Waals surface area contributed by atoms with E-state index in [1.807, 2.05) is 18.5 Å². The van der Waals surface area contributed by atoms with Gasteiger partial charge in [0.2, 0.25) is 0 Å². The SMILES string of the molecule is CNC(c1cscn1)c1cc(Cl)cnc1N. The Morgan fingerprint density at radius 2 is 2.31 bits per heavy atom. The van der Waals surface area contributed by atoms with Gasteiger partial charge in [-0.3, -0.25) is 0 Å². The monoisotopic (exact) mass is 254 g/mol. The Kier molecular flexibility index (Phi) is 3.38. The van der Waals surface area contributed by atoms with Gasteiger partial charge in [0.15, 0.2) is 0 Å². The minimum absolute atomic E-state index is 0.0718. The van der Waals surface area contributed by atoms with E-state index in [-0.39, 0.29) is 6.04 Å². The standard InChI is InChI=1S/C10H11ClN4S/c1-13-9(8-4-16-5-15-8)7-2-6(11)3-14-10(7)12/h2-5,9,13H,1H3,(H2,12,14). The highest BCUT2D eigenvalue weighted by molar-refractivity contribution is 7.07. The van der Waals surface area contributed by atoms with Crippen molar-refractivity contribution in [3.8, 4) is 0 Å². The molecule has 0 bridgehead atoms. The van der Waals surface area contributed by atoms with Gasteiger partial charge in [-0.2, -0.15) is 0 Å². The maximum atomic E-state index is 5.92. The van der Waals surface area contributed by atoms with Crippen LogP contribution in [0.4, 0.5) is 5.82 Å². The number of rotatable bonds is 3. The molecule has 0 aromatic carbocycles. The van der Waals surface area contributed by atoms with E-state index in [0.717, 1.165) is 11.3 Å². The van der Waals surface area contributed by atoms with Crippen molar-refractivity contribution in [3.05, 3.63) is 39.4 Å². The molecular weight excluding hydrogens is 244 g/mol. The van der Waals surface area contributed by atoms with Crippen molar-refractivity contribution in [2.75, 3.05) is 12.8 Å². The maximum absolute atomic E-state index is 5.92. The Bertz CT molecular complexity index is 472. The van der Waals surface area contributed by atoms with Gasteiger partial charge in [-0.25, -0.2) is 9.97 Å². The molecule has 0 amide bonds. The van der Waals surface area contributed by atoms with E-state index in [9.17, 15) is 0 Å². The van der Waals surface area contributed by atoms with E-state index in [2.05, 4.69) is 15.3 Å². The number of nitrogens with zero attached hydrogens (tertiary/aromatic N) is 2. The number of hydrogen-bond donors (Lipinski definition) is 2. The lowest BCUT2D eigenvalue weighted by atomic mass is 10.1. The van der Waals surface area contributed by atoms with Crippen LogP contribution >= 0.6 is 22.9 Å². The fourth-order valence-electron chi connectivity index (χ4n) is 1.52. The minimum Gasteiger partial charge on any atom is -0.383 e. The molecule has 0 aliphatic heterocycles. The highest BCUT2D eigenvalue weighted by atomic mass is 35.5. The molecule has 84 valence electrons. The van der Waals surface area contributed by atoms with Crippen molar-refractivity contribution in [2.45, 2.75) is 6.04 Å². The summed E-state index contributed by atoms with van der Waals surface area (Å²) < 4.78 is 0. The van der Waals surface area contributed by atoms with Crippen molar-refractivity contribution in [1.82, 2.24) is 15.3 Å². The lowest BCUT2D eigenvalue weighted by molar-refractivity contribution is 0.675. The second kappa shape index (κ2) is 4.78. The number of nitrogens with one attached hydrogen (secondary N) is 1. The van der Waals surface area contributed by atoms with Crippen LogP contribution in [0.3, 0.4) is 0 Å². The van der Waals surface area contributed by atoms with Gasteiger partial charge in [-0.05, 0) is 13.1 Å². The van der Waals surface area contributed by atoms with E-state index >= 15 is 0 Å². The molecule has 1 unspecified atom stereocenters. The summed E-state index contributed by atoms with van der Waals surface area (Å²) in [5, 5.41) is 5.70. The van der Waals surface area contributed by atoms with Crippen molar-refractivity contribution in [1.29, 1.82) is 0 Å². The zero-order valence-electron chi connectivity index (χ0n) is 8.64. The number of pyridine rings is 1. The molecule has 0 fully saturated rings. The van der Waals surface area contributed by atoms with Gasteiger partial charge in [0.1, 0.15) is 5.82 Å². The topological polar surface area (TPSA) is 63.8 Å². The Balaban J connectivity index is 2.44. The molecule has 0 spiro atoms. The largest absolute Gasteiger partial charge is 0.383 e. The van der Waals surface area contributed by atoms with Crippen LogP contribution in [0, 0.1) is 0 Å². The van der Waals surface area contributed by atoms with Gasteiger partial charge in [0.25, 0.3) is 0 Å². The Morgan fingerprint density at radius 3 is 2.94 bits per heavy atom. The smallest absolute Gasteiger partial charge is 0.128 e. The molecule has 2 aromatic rings. The van der Waals surface area contributed by atoms with Gasteiger partial charge in [0, 0.05) is 17.1 Å². The van der Waals surface area contributed by atoms with Crippen LogP contribution in [0.15, 0.2) is 23.2 Å². The van der Waals surface area contributed by atoms with Crippen LogP contribution in [0.2, 0.25) is 5.02 Å². The summed E-state index contributed by atoms with van der Waals surface area (Å²) in [6.45, 7) is 0. The summed E-state index contributed by atoms with van der Waals surface area (Å²) in [6, 6.07) is 1.74. The first-order valence-corrected chi connectivity index (χ1v) is 6.00. The Morgan fingerprint density at radius 1 is 1.50 bits per heavy atom. The molecule has 0 saturated carbocycles. The molecule has 0 aliphatic rings. The molecule has 2 rings (SSSR count). The number of aromatic nitrogens is 2. The zero-order valence-corrected chi connectivity index (χ0v) is 10.2. The van der Waals surface area contributed by atoms with Crippen molar-refractivity contribution >= 4 is 28.8 Å². The van der Waals surface area contributed by atoms with E-state index in [1.54, 1.807) is 16.8 Å². The second-order valence-electron chi connectivity index (χ2n) is 3.26. The number of halogens is 1. The molecule has 3 N–H and O–H groups in total. The third-order valence-corrected chi connectivity index (χ3v) is 3.07. The molecule has 2 aromatic heterocycles. The summed E-state index contributed by atoms with van der Waals surface area (Å²) in [4.78, 5) is 8.30. The molecule has 6 heteroatoms. The predicted molar refractivity (Wildman–Crippen MR) is 66.7 cm³/mol. The highest BCUT2D eigenvalue weighted by Gasteiger charge is 2.17. The number of thiazole rings is 1. The first-order valence-electron chi connectivity index (χ1n) is 4.68. The van der Waals surface area contributed by atoms with Gasteiger partial charge in [0.05, 0.1) is 22.3 Å². The van der Waals surface area contributed by atoms with Gasteiger partial charge in [-0.1, -0.05) is 11.6 Å². The summed E-state index contributed by atoms with van der Waals surface area (Å²) in [6.07, 6.45) is 1.54. The third kappa shape index (κ3) is 2.16. The number of hydrogen-bond acceptors (Lipinski definition) is 5. The Hall–Kier alpha value is -1.17. The molecule has 0 aliphatic carbocycles. The average Bonchev–Trinajstić information content (AvgIpc) is 2.78. The number of nitrogen functional groups attached to an aromatic ring is 1. The summed E-state index contributed by atoms with van der Waals surface area (Å²) in [7, 11) is 1.85. The fourth-order valence-corrected chi connectivity index (χ4v) is 2.27. The van der Waals surface area contributed by atoms with E-state index in [1.165, 1.54) is 6.20 Å². The molecular formula is C10H11ClN4S. The van der Waals surface area contributed by atoms with E-state index < -0.39 is 0 Å². The fraction of sp³-hybridized carbons (Fsp3) is 0.200. The maximum Gasteiger partial charge on any atom is 0.128 e. The number of nitrogens with two attached hydrogens (primary N) is 1. The molecule has 1 atom stereocenters. The Labute approximate surface area is 102 Å². The van der Waals surface area contributed by atoms with Gasteiger partial charge in [-0.15, -0.1) is 11.3 Å². The minimum atomic E-state index is -0.0718. The third-order valence-electron chi connectivity index (χ3n) is 2.26. The predicted octanol–water partition coefficient (Wildman–Crippen LogP) is 2.08. The second-order valence-corrected chi connectivity index (χ2v) is 4.42. The van der Waals surface area contributed by atoms with E-state index in [0.29, 0.717) is 10.8 Å². The molecule has 2 heterocycles. The van der Waals surface area contributed by atoms with Crippen LogP contribution in [-0.4, -0.2) is 17.0 Å². The number of anilines is 1. The summed E-state index contributed by atoms with van der Waals surface area (Å²) >= 11 is 7.46. The average molecular weight is 255 g/mol. The van der Waals surface area contributed by atoms with Crippen molar-refractivity contribution in [3.63, 3.8) is 0 Å². The quantitative estimate of drug-likeness (QED) is 0.880. The van der Waals surface area contributed by atoms with Crippen molar-refractivity contribution in [2.24, 2.45) is 0 Å². The van der Waals surface area contributed by atoms with Crippen LogP contribution < -0.4 is 11.1 Å². The zero-order chi connectivity index (χ0) is 11.5. The van der Waals surface area contributed by atoms with Gasteiger partial charge >= 0.3 is 0 Å². The first-order chi connectivity index (χ1) is 7.72. The molecule has 0 radical (unpaired) electrons.